The molecule has 1 unspecified atom stereocenters. The summed E-state index contributed by atoms with van der Waals surface area (Å²) in [5.41, 5.74) is 10.0. The number of rotatable bonds is 4. The summed E-state index contributed by atoms with van der Waals surface area (Å²) in [5, 5.41) is 2.11. The molecule has 2 N–H and O–H groups in total. The van der Waals surface area contributed by atoms with Crippen molar-refractivity contribution in [2.45, 2.75) is 12.5 Å². The number of benzene rings is 2. The predicted molar refractivity (Wildman–Crippen MR) is 86.8 cm³/mol. The average molecular weight is 279 g/mol. The SMILES string of the molecule is NC(Cc1ccc(-c2cccs2)cc1)c1ccccc1. The van der Waals surface area contributed by atoms with Crippen LogP contribution in [0.5, 0.6) is 0 Å². The first-order chi connectivity index (χ1) is 9.83. The van der Waals surface area contributed by atoms with Crippen LogP contribution in [-0.4, -0.2) is 0 Å². The second kappa shape index (κ2) is 6.04. The lowest BCUT2D eigenvalue weighted by Crippen LogP contribution is -2.13. The van der Waals surface area contributed by atoms with Gasteiger partial charge in [0, 0.05) is 10.9 Å². The maximum Gasteiger partial charge on any atom is 0.0342 e. The van der Waals surface area contributed by atoms with E-state index in [1.807, 2.05) is 18.2 Å². The maximum atomic E-state index is 6.26. The summed E-state index contributed by atoms with van der Waals surface area (Å²) in [6.07, 6.45) is 0.870. The third-order valence-electron chi connectivity index (χ3n) is 3.44. The molecule has 0 spiro atoms. The average Bonchev–Trinajstić information content (AvgIpc) is 3.03. The second-order valence-electron chi connectivity index (χ2n) is 4.90. The monoisotopic (exact) mass is 279 g/mol. The van der Waals surface area contributed by atoms with E-state index >= 15 is 0 Å². The van der Waals surface area contributed by atoms with Crippen LogP contribution in [-0.2, 0) is 6.42 Å². The van der Waals surface area contributed by atoms with Crippen molar-refractivity contribution >= 4 is 11.3 Å². The van der Waals surface area contributed by atoms with Crippen LogP contribution in [0.4, 0.5) is 0 Å². The quantitative estimate of drug-likeness (QED) is 0.738. The molecule has 0 aliphatic heterocycles. The molecule has 1 aromatic heterocycles. The van der Waals surface area contributed by atoms with Crippen LogP contribution in [0, 0.1) is 0 Å². The Bertz CT molecular complexity index is 642. The van der Waals surface area contributed by atoms with Gasteiger partial charge in [-0.2, -0.15) is 0 Å². The van der Waals surface area contributed by atoms with E-state index in [2.05, 4.69) is 53.9 Å². The summed E-state index contributed by atoms with van der Waals surface area (Å²) >= 11 is 1.77. The second-order valence-corrected chi connectivity index (χ2v) is 5.84. The summed E-state index contributed by atoms with van der Waals surface area (Å²) < 4.78 is 0. The van der Waals surface area contributed by atoms with Crippen molar-refractivity contribution in [3.05, 3.63) is 83.2 Å². The van der Waals surface area contributed by atoms with Crippen LogP contribution in [0.1, 0.15) is 17.2 Å². The number of nitrogens with two attached hydrogens (primary N) is 1. The zero-order valence-electron chi connectivity index (χ0n) is 11.2. The maximum absolute atomic E-state index is 6.26. The molecule has 2 heteroatoms. The van der Waals surface area contributed by atoms with E-state index < -0.39 is 0 Å². The van der Waals surface area contributed by atoms with Crippen molar-refractivity contribution in [1.82, 2.24) is 0 Å². The third-order valence-corrected chi connectivity index (χ3v) is 4.36. The molecule has 1 atom stereocenters. The van der Waals surface area contributed by atoms with Gasteiger partial charge in [-0.25, -0.2) is 0 Å². The molecule has 1 nitrogen and oxygen atoms in total. The van der Waals surface area contributed by atoms with Gasteiger partial charge in [0.15, 0.2) is 0 Å². The lowest BCUT2D eigenvalue weighted by atomic mass is 9.99. The minimum absolute atomic E-state index is 0.0591. The van der Waals surface area contributed by atoms with E-state index in [-0.39, 0.29) is 6.04 Å². The molecule has 0 aliphatic rings. The Morgan fingerprint density at radius 3 is 2.25 bits per heavy atom. The summed E-state index contributed by atoms with van der Waals surface area (Å²) in [7, 11) is 0. The van der Waals surface area contributed by atoms with E-state index in [4.69, 9.17) is 5.73 Å². The minimum atomic E-state index is 0.0591. The van der Waals surface area contributed by atoms with Crippen molar-refractivity contribution in [3.63, 3.8) is 0 Å². The van der Waals surface area contributed by atoms with Gasteiger partial charge < -0.3 is 5.73 Å². The van der Waals surface area contributed by atoms with Gasteiger partial charge in [0.1, 0.15) is 0 Å². The molecule has 0 fully saturated rings. The van der Waals surface area contributed by atoms with Crippen LogP contribution < -0.4 is 5.73 Å². The predicted octanol–water partition coefficient (Wildman–Crippen LogP) is 4.66. The molecule has 0 radical (unpaired) electrons. The normalized spacial score (nSPS) is 12.2. The molecular formula is C18H17NS. The fourth-order valence-electron chi connectivity index (χ4n) is 2.32. The zero-order chi connectivity index (χ0) is 13.8. The third kappa shape index (κ3) is 2.98. The first-order valence-electron chi connectivity index (χ1n) is 6.76. The Morgan fingerprint density at radius 2 is 1.60 bits per heavy atom. The van der Waals surface area contributed by atoms with Gasteiger partial charge in [0.2, 0.25) is 0 Å². The van der Waals surface area contributed by atoms with Crippen molar-refractivity contribution in [2.24, 2.45) is 5.73 Å². The molecule has 2 aromatic carbocycles. The van der Waals surface area contributed by atoms with Crippen LogP contribution in [0.3, 0.4) is 0 Å². The van der Waals surface area contributed by atoms with Crippen molar-refractivity contribution in [2.75, 3.05) is 0 Å². The highest BCUT2D eigenvalue weighted by molar-refractivity contribution is 7.13. The van der Waals surface area contributed by atoms with Gasteiger partial charge in [0.25, 0.3) is 0 Å². The van der Waals surface area contributed by atoms with Gasteiger partial charge in [-0.15, -0.1) is 11.3 Å². The van der Waals surface area contributed by atoms with Gasteiger partial charge in [0.05, 0.1) is 0 Å². The standard InChI is InChI=1S/C18H17NS/c19-17(15-5-2-1-3-6-15)13-14-8-10-16(11-9-14)18-7-4-12-20-18/h1-12,17H,13,19H2. The highest BCUT2D eigenvalue weighted by Crippen LogP contribution is 2.25. The fourth-order valence-corrected chi connectivity index (χ4v) is 3.05. The topological polar surface area (TPSA) is 26.0 Å². The Balaban J connectivity index is 1.72. The van der Waals surface area contributed by atoms with E-state index in [9.17, 15) is 0 Å². The molecule has 0 bridgehead atoms. The van der Waals surface area contributed by atoms with Crippen molar-refractivity contribution in [1.29, 1.82) is 0 Å². The molecule has 0 aliphatic carbocycles. The lowest BCUT2D eigenvalue weighted by molar-refractivity contribution is 0.722. The lowest BCUT2D eigenvalue weighted by Gasteiger charge is -2.12. The van der Waals surface area contributed by atoms with Gasteiger partial charge in [-0.05, 0) is 34.6 Å². The van der Waals surface area contributed by atoms with Gasteiger partial charge in [-0.1, -0.05) is 60.7 Å². The molecule has 0 saturated heterocycles. The molecule has 0 amide bonds. The summed E-state index contributed by atoms with van der Waals surface area (Å²) in [6, 6.07) is 23.3. The number of hydrogen-bond acceptors (Lipinski definition) is 2. The van der Waals surface area contributed by atoms with Crippen molar-refractivity contribution < 1.29 is 0 Å². The zero-order valence-corrected chi connectivity index (χ0v) is 12.0. The Labute approximate surface area is 123 Å². The summed E-state index contributed by atoms with van der Waals surface area (Å²) in [6.45, 7) is 0. The van der Waals surface area contributed by atoms with E-state index in [0.717, 1.165) is 6.42 Å². The van der Waals surface area contributed by atoms with Crippen LogP contribution in [0.2, 0.25) is 0 Å². The molecule has 20 heavy (non-hydrogen) atoms. The molecule has 3 rings (SSSR count). The minimum Gasteiger partial charge on any atom is -0.324 e. The summed E-state index contributed by atoms with van der Waals surface area (Å²) in [4.78, 5) is 1.31. The number of thiophene rings is 1. The van der Waals surface area contributed by atoms with Crippen molar-refractivity contribution in [3.8, 4) is 10.4 Å². The van der Waals surface area contributed by atoms with Crippen LogP contribution in [0.15, 0.2) is 72.1 Å². The Morgan fingerprint density at radius 1 is 0.850 bits per heavy atom. The molecular weight excluding hydrogens is 262 g/mol. The first-order valence-corrected chi connectivity index (χ1v) is 7.64. The molecule has 100 valence electrons. The Hall–Kier alpha value is -1.90. The Kier molecular flexibility index (Phi) is 3.95. The molecule has 1 heterocycles. The molecule has 0 saturated carbocycles. The van der Waals surface area contributed by atoms with E-state index in [1.54, 1.807) is 11.3 Å². The van der Waals surface area contributed by atoms with Crippen LogP contribution >= 0.6 is 11.3 Å². The first kappa shape index (κ1) is 13.1. The summed E-state index contributed by atoms with van der Waals surface area (Å²) in [5.74, 6) is 0. The van der Waals surface area contributed by atoms with Gasteiger partial charge >= 0.3 is 0 Å². The van der Waals surface area contributed by atoms with Gasteiger partial charge in [-0.3, -0.25) is 0 Å². The van der Waals surface area contributed by atoms with Crippen LogP contribution in [0.25, 0.3) is 10.4 Å². The smallest absolute Gasteiger partial charge is 0.0342 e. The largest absolute Gasteiger partial charge is 0.324 e. The fraction of sp³-hybridized carbons (Fsp3) is 0.111. The number of hydrogen-bond donors (Lipinski definition) is 1. The van der Waals surface area contributed by atoms with E-state index in [0.29, 0.717) is 0 Å². The highest BCUT2D eigenvalue weighted by Gasteiger charge is 2.07. The molecule has 3 aromatic rings. The van der Waals surface area contributed by atoms with E-state index in [1.165, 1.54) is 21.6 Å². The highest BCUT2D eigenvalue weighted by atomic mass is 32.1.